The Morgan fingerprint density at radius 3 is 2.63 bits per heavy atom. The highest BCUT2D eigenvalue weighted by atomic mass is 32.1. The van der Waals surface area contributed by atoms with Gasteiger partial charge in [-0.2, -0.15) is 0 Å². The molecule has 1 aromatic heterocycles. The minimum absolute atomic E-state index is 0.0357. The van der Waals surface area contributed by atoms with Gasteiger partial charge < -0.3 is 11.1 Å². The van der Waals surface area contributed by atoms with Crippen molar-refractivity contribution in [2.45, 2.75) is 39.0 Å². The molecule has 3 rings (SSSR count). The lowest BCUT2D eigenvalue weighted by atomic mass is 9.95. The molecule has 1 heterocycles. The molecule has 2 aliphatic rings. The van der Waals surface area contributed by atoms with Crippen LogP contribution < -0.4 is 11.1 Å². The Labute approximate surface area is 116 Å². The van der Waals surface area contributed by atoms with Crippen LogP contribution in [0.25, 0.3) is 0 Å². The minimum atomic E-state index is -0.418. The summed E-state index contributed by atoms with van der Waals surface area (Å²) in [6, 6.07) is 0. The second-order valence-corrected chi connectivity index (χ2v) is 6.69. The lowest BCUT2D eigenvalue weighted by molar-refractivity contribution is -0.117. The van der Waals surface area contributed by atoms with Crippen molar-refractivity contribution in [1.82, 2.24) is 0 Å². The minimum Gasteiger partial charge on any atom is -0.365 e. The highest BCUT2D eigenvalue weighted by Crippen LogP contribution is 2.41. The van der Waals surface area contributed by atoms with Gasteiger partial charge in [0.15, 0.2) is 0 Å². The third-order valence-corrected chi connectivity index (χ3v) is 5.31. The van der Waals surface area contributed by atoms with Crippen molar-refractivity contribution < 1.29 is 9.59 Å². The van der Waals surface area contributed by atoms with E-state index < -0.39 is 5.91 Å². The van der Waals surface area contributed by atoms with Crippen LogP contribution in [0.1, 0.15) is 47.0 Å². The van der Waals surface area contributed by atoms with E-state index in [1.54, 1.807) is 0 Å². The van der Waals surface area contributed by atoms with Crippen molar-refractivity contribution in [2.24, 2.45) is 17.6 Å². The van der Waals surface area contributed by atoms with Gasteiger partial charge in [0.2, 0.25) is 5.91 Å². The molecule has 0 radical (unpaired) electrons. The van der Waals surface area contributed by atoms with Gasteiger partial charge >= 0.3 is 0 Å². The fourth-order valence-corrected chi connectivity index (χ4v) is 4.10. The number of nitrogens with two attached hydrogens (primary N) is 1. The summed E-state index contributed by atoms with van der Waals surface area (Å²) in [6.07, 6.45) is 5.09. The first kappa shape index (κ1) is 12.7. The molecular weight excluding hydrogens is 260 g/mol. The van der Waals surface area contributed by atoms with Crippen LogP contribution in [-0.4, -0.2) is 11.8 Å². The molecule has 1 aromatic rings. The summed E-state index contributed by atoms with van der Waals surface area (Å²) in [6.45, 7) is 2.07. The molecule has 19 heavy (non-hydrogen) atoms. The summed E-state index contributed by atoms with van der Waals surface area (Å²) >= 11 is 1.53. The van der Waals surface area contributed by atoms with Gasteiger partial charge in [-0.05, 0) is 43.6 Å². The summed E-state index contributed by atoms with van der Waals surface area (Å²) in [5, 5.41) is 3.59. The Balaban J connectivity index is 1.89. The Bertz CT molecular complexity index is 550. The van der Waals surface area contributed by atoms with Crippen LogP contribution in [0, 0.1) is 11.8 Å². The smallest absolute Gasteiger partial charge is 0.251 e. The molecule has 4 nitrogen and oxygen atoms in total. The monoisotopic (exact) mass is 278 g/mol. The van der Waals surface area contributed by atoms with E-state index in [1.165, 1.54) is 16.2 Å². The number of aryl methyl sites for hydroxylation is 1. The van der Waals surface area contributed by atoms with Crippen molar-refractivity contribution in [3.8, 4) is 0 Å². The molecule has 2 aliphatic carbocycles. The van der Waals surface area contributed by atoms with Gasteiger partial charge in [0, 0.05) is 10.8 Å². The van der Waals surface area contributed by atoms with E-state index in [0.717, 1.165) is 37.7 Å². The van der Waals surface area contributed by atoms with Crippen molar-refractivity contribution in [3.05, 3.63) is 16.0 Å². The molecule has 3 N–H and O–H groups in total. The molecule has 0 spiro atoms. The van der Waals surface area contributed by atoms with Crippen LogP contribution in [0.3, 0.4) is 0 Å². The van der Waals surface area contributed by atoms with Crippen LogP contribution in [-0.2, 0) is 17.6 Å². The van der Waals surface area contributed by atoms with Crippen molar-refractivity contribution >= 4 is 28.2 Å². The van der Waals surface area contributed by atoms with Crippen LogP contribution in [0.15, 0.2) is 0 Å². The lowest BCUT2D eigenvalue weighted by Gasteiger charge is -2.11. The Kier molecular flexibility index (Phi) is 3.09. The van der Waals surface area contributed by atoms with Gasteiger partial charge in [0.25, 0.3) is 5.91 Å². The van der Waals surface area contributed by atoms with Crippen LogP contribution in [0.2, 0.25) is 0 Å². The number of anilines is 1. The molecular formula is C14H18N2O2S. The van der Waals surface area contributed by atoms with E-state index in [-0.39, 0.29) is 11.8 Å². The Hall–Kier alpha value is -1.36. The Morgan fingerprint density at radius 1 is 1.32 bits per heavy atom. The standard InChI is InChI=1S/C14H18N2O2S/c1-7-6-9(7)13(18)16-14-11(12(15)17)8-4-2-3-5-10(8)19-14/h7,9H,2-6H2,1H3,(H2,15,17)(H,16,18). The number of thiophene rings is 1. The van der Waals surface area contributed by atoms with Crippen LogP contribution in [0.4, 0.5) is 5.00 Å². The van der Waals surface area contributed by atoms with Gasteiger partial charge in [0.1, 0.15) is 5.00 Å². The summed E-state index contributed by atoms with van der Waals surface area (Å²) in [5.41, 5.74) is 7.12. The number of carbonyl (C=O) groups is 2. The number of amides is 2. The van der Waals surface area contributed by atoms with E-state index in [9.17, 15) is 9.59 Å². The molecule has 2 atom stereocenters. The van der Waals surface area contributed by atoms with E-state index in [2.05, 4.69) is 12.2 Å². The summed E-state index contributed by atoms with van der Waals surface area (Å²) in [4.78, 5) is 24.9. The molecule has 1 saturated carbocycles. The SMILES string of the molecule is CC1CC1C(=O)Nc1sc2c(c1C(N)=O)CCCC2. The quantitative estimate of drug-likeness (QED) is 0.890. The fraction of sp³-hybridized carbons (Fsp3) is 0.571. The number of nitrogens with one attached hydrogen (secondary N) is 1. The van der Waals surface area contributed by atoms with Crippen molar-refractivity contribution in [2.75, 3.05) is 5.32 Å². The first-order valence-corrected chi connectivity index (χ1v) is 7.64. The number of carbonyl (C=O) groups excluding carboxylic acids is 2. The van der Waals surface area contributed by atoms with E-state index in [1.807, 2.05) is 0 Å². The number of rotatable bonds is 3. The van der Waals surface area contributed by atoms with Gasteiger partial charge in [-0.3, -0.25) is 9.59 Å². The van der Waals surface area contributed by atoms with E-state index in [4.69, 9.17) is 5.73 Å². The second-order valence-electron chi connectivity index (χ2n) is 5.59. The van der Waals surface area contributed by atoms with E-state index >= 15 is 0 Å². The zero-order valence-corrected chi connectivity index (χ0v) is 11.8. The molecule has 102 valence electrons. The first-order valence-electron chi connectivity index (χ1n) is 6.83. The molecule has 0 aliphatic heterocycles. The first-order chi connectivity index (χ1) is 9.08. The topological polar surface area (TPSA) is 72.2 Å². The number of primary amides is 1. The molecule has 1 fully saturated rings. The number of fused-ring (bicyclic) bond motifs is 1. The second kappa shape index (κ2) is 4.63. The molecule has 0 bridgehead atoms. The van der Waals surface area contributed by atoms with Crippen LogP contribution in [0.5, 0.6) is 0 Å². The molecule has 2 unspecified atom stereocenters. The lowest BCUT2D eigenvalue weighted by Crippen LogP contribution is -2.19. The van der Waals surface area contributed by atoms with Gasteiger partial charge in [-0.15, -0.1) is 11.3 Å². The third kappa shape index (κ3) is 2.27. The molecule has 2 amide bonds. The molecule has 5 heteroatoms. The normalized spacial score (nSPS) is 24.7. The Morgan fingerprint density at radius 2 is 2.00 bits per heavy atom. The fourth-order valence-electron chi connectivity index (χ4n) is 2.81. The van der Waals surface area contributed by atoms with Crippen LogP contribution >= 0.6 is 11.3 Å². The van der Waals surface area contributed by atoms with E-state index in [0.29, 0.717) is 16.5 Å². The maximum Gasteiger partial charge on any atom is 0.251 e. The average Bonchev–Trinajstić information content (AvgIpc) is 2.98. The van der Waals surface area contributed by atoms with Gasteiger partial charge in [-0.25, -0.2) is 0 Å². The average molecular weight is 278 g/mol. The summed E-state index contributed by atoms with van der Waals surface area (Å²) < 4.78 is 0. The highest BCUT2D eigenvalue weighted by molar-refractivity contribution is 7.17. The summed E-state index contributed by atoms with van der Waals surface area (Å²) in [7, 11) is 0. The predicted octanol–water partition coefficient (Wildman–Crippen LogP) is 2.32. The van der Waals surface area contributed by atoms with Crippen molar-refractivity contribution in [3.63, 3.8) is 0 Å². The number of hydrogen-bond donors (Lipinski definition) is 2. The third-order valence-electron chi connectivity index (χ3n) is 4.10. The zero-order chi connectivity index (χ0) is 13.6. The zero-order valence-electron chi connectivity index (χ0n) is 11.0. The maximum absolute atomic E-state index is 12.0. The maximum atomic E-state index is 12.0. The highest BCUT2D eigenvalue weighted by Gasteiger charge is 2.39. The predicted molar refractivity (Wildman–Crippen MR) is 75.4 cm³/mol. The molecule has 0 aromatic carbocycles. The molecule has 0 saturated heterocycles. The van der Waals surface area contributed by atoms with Gasteiger partial charge in [-0.1, -0.05) is 6.92 Å². The largest absolute Gasteiger partial charge is 0.365 e. The number of hydrogen-bond acceptors (Lipinski definition) is 3. The summed E-state index contributed by atoms with van der Waals surface area (Å²) in [5.74, 6) is 0.193. The van der Waals surface area contributed by atoms with Gasteiger partial charge in [0.05, 0.1) is 5.56 Å². The van der Waals surface area contributed by atoms with Crippen molar-refractivity contribution in [1.29, 1.82) is 0 Å².